The first kappa shape index (κ1) is 33.6. The Hall–Kier alpha value is -4.87. The van der Waals surface area contributed by atoms with Gasteiger partial charge in [-0.2, -0.15) is 0 Å². The summed E-state index contributed by atoms with van der Waals surface area (Å²) in [6.45, 7) is 0.0143. The smallest absolute Gasteiger partial charge is 0.415 e. The second-order valence-corrected chi connectivity index (χ2v) is 11.1. The maximum atomic E-state index is 12.7. The van der Waals surface area contributed by atoms with E-state index in [1.165, 1.54) is 30.3 Å². The lowest BCUT2D eigenvalue weighted by atomic mass is 10.1. The van der Waals surface area contributed by atoms with Gasteiger partial charge in [-0.1, -0.05) is 67.9 Å². The third-order valence-electron chi connectivity index (χ3n) is 6.03. The number of benzene rings is 2. The van der Waals surface area contributed by atoms with Crippen molar-refractivity contribution < 1.29 is 47.0 Å². The second-order valence-electron chi connectivity index (χ2n) is 9.26. The van der Waals surface area contributed by atoms with Crippen LogP contribution in [0, 0.1) is 17.0 Å². The van der Waals surface area contributed by atoms with E-state index in [4.69, 9.17) is 19.4 Å². The Morgan fingerprint density at radius 2 is 1.64 bits per heavy atom. The molecule has 13 nitrogen and oxygen atoms in total. The topological polar surface area (TPSA) is 181 Å². The molecule has 0 saturated heterocycles. The summed E-state index contributed by atoms with van der Waals surface area (Å²) in [5, 5.41) is 22.9. The lowest BCUT2D eigenvalue weighted by molar-refractivity contribution is -0.832. The van der Waals surface area contributed by atoms with Crippen LogP contribution >= 0.6 is 0 Å². The van der Waals surface area contributed by atoms with E-state index in [-0.39, 0.29) is 28.9 Å². The summed E-state index contributed by atoms with van der Waals surface area (Å²) in [5.41, 5.74) is 2.40. The number of ether oxygens (including phenoxy) is 3. The van der Waals surface area contributed by atoms with E-state index in [9.17, 15) is 23.2 Å². The fraction of sp³-hybridized carbons (Fsp3) is 0.333. The molecule has 0 fully saturated rings. The van der Waals surface area contributed by atoms with Crippen LogP contribution < -0.4 is 19.9 Å². The molecule has 0 saturated carbocycles. The fourth-order valence-electron chi connectivity index (χ4n) is 3.78. The van der Waals surface area contributed by atoms with Crippen LogP contribution in [0.5, 0.6) is 11.6 Å². The Kier molecular flexibility index (Phi) is 13.7. The zero-order valence-corrected chi connectivity index (χ0v) is 24.7. The number of unbranched alkanes of at least 4 members (excludes halogenated alkanes) is 5. The van der Waals surface area contributed by atoms with Crippen molar-refractivity contribution in [2.45, 2.75) is 54.9 Å². The van der Waals surface area contributed by atoms with Gasteiger partial charge in [0.15, 0.2) is 13.2 Å². The van der Waals surface area contributed by atoms with E-state index in [0.29, 0.717) is 13.0 Å². The molecule has 234 valence electrons. The van der Waals surface area contributed by atoms with E-state index >= 15 is 0 Å². The van der Waals surface area contributed by atoms with Crippen molar-refractivity contribution in [1.82, 2.24) is 10.6 Å². The number of esters is 1. The summed E-state index contributed by atoms with van der Waals surface area (Å²) in [7, 11) is -4.24. The Morgan fingerprint density at radius 3 is 2.36 bits per heavy atom. The van der Waals surface area contributed by atoms with Crippen molar-refractivity contribution in [3.8, 4) is 23.5 Å². The number of carbonyl (C=O) groups excluding carboxylic acids is 2. The van der Waals surface area contributed by atoms with Crippen molar-refractivity contribution in [3.63, 3.8) is 0 Å². The van der Waals surface area contributed by atoms with Crippen molar-refractivity contribution >= 4 is 27.8 Å². The molecule has 1 amide bonds. The summed E-state index contributed by atoms with van der Waals surface area (Å²) >= 11 is 0. The number of nitrogens with one attached hydrogen (secondary N) is 1. The van der Waals surface area contributed by atoms with Crippen molar-refractivity contribution in [1.29, 1.82) is 0 Å². The molecule has 0 spiro atoms. The maximum absolute atomic E-state index is 12.7. The highest BCUT2D eigenvalue weighted by Gasteiger charge is 2.35. The average Bonchev–Trinajstić information content (AvgIpc) is 3.42. The summed E-state index contributed by atoms with van der Waals surface area (Å²) in [4.78, 5) is 22.5. The van der Waals surface area contributed by atoms with Crippen LogP contribution in [0.3, 0.4) is 0 Å². The highest BCUT2D eigenvalue weighted by atomic mass is 32.2. The van der Waals surface area contributed by atoms with E-state index in [2.05, 4.69) is 21.6 Å². The lowest BCUT2D eigenvalue weighted by Crippen LogP contribution is -2.30. The average molecular weight is 628 g/mol. The summed E-state index contributed by atoms with van der Waals surface area (Å²) in [6.07, 6.45) is 8.91. The third kappa shape index (κ3) is 11.1. The van der Waals surface area contributed by atoms with E-state index in [1.54, 1.807) is 29.8 Å². The minimum Gasteiger partial charge on any atom is -0.494 e. The van der Waals surface area contributed by atoms with Gasteiger partial charge in [0, 0.05) is 12.5 Å². The molecule has 0 aliphatic carbocycles. The van der Waals surface area contributed by atoms with Crippen LogP contribution in [0.15, 0.2) is 75.2 Å². The van der Waals surface area contributed by atoms with Gasteiger partial charge in [-0.3, -0.25) is 14.6 Å². The van der Waals surface area contributed by atoms with Gasteiger partial charge in [0.05, 0.1) is 16.7 Å². The van der Waals surface area contributed by atoms with Crippen molar-refractivity contribution in [2.75, 3.05) is 19.8 Å². The molecule has 0 aliphatic heterocycles. The molecule has 3 rings (SSSR count). The Bertz CT molecular complexity index is 1540. The van der Waals surface area contributed by atoms with Crippen LogP contribution in [0.25, 0.3) is 6.08 Å². The number of rotatable bonds is 17. The maximum Gasteiger partial charge on any atom is 0.415 e. The Labute approximate surface area is 254 Å². The number of hydroxylamine groups is 1. The second kappa shape index (κ2) is 17.9. The summed E-state index contributed by atoms with van der Waals surface area (Å²) in [6, 6.07) is 14.5. The zero-order chi connectivity index (χ0) is 31.6. The molecule has 0 bridgehead atoms. The molecule has 1 aromatic heterocycles. The molecular weight excluding hydrogens is 594 g/mol. The molecular formula is C30H33N3O10S. The van der Waals surface area contributed by atoms with Crippen LogP contribution in [-0.2, 0) is 24.2 Å². The summed E-state index contributed by atoms with van der Waals surface area (Å²) in [5.74, 6) is 4.31. The predicted octanol–water partition coefficient (Wildman–Crippen LogP) is 3.39. The SMILES string of the molecule is O=C(CCCCCCCCOc1ccc(C=CC(=O)OCC#CCOc2no[n+]([O-])c2S(=O)(=O)c2ccccc2)cc1)NO. The molecule has 0 radical (unpaired) electrons. The minimum atomic E-state index is -4.24. The first-order valence-corrected chi connectivity index (χ1v) is 15.3. The summed E-state index contributed by atoms with van der Waals surface area (Å²) < 4.78 is 45.8. The van der Waals surface area contributed by atoms with Crippen LogP contribution in [0.1, 0.15) is 50.5 Å². The monoisotopic (exact) mass is 627 g/mol. The highest BCUT2D eigenvalue weighted by molar-refractivity contribution is 7.91. The van der Waals surface area contributed by atoms with Crippen LogP contribution in [0.4, 0.5) is 0 Å². The number of carbonyl (C=O) groups is 2. The molecule has 2 N–H and O–H groups in total. The molecule has 14 heteroatoms. The van der Waals surface area contributed by atoms with Crippen LogP contribution in [-0.4, -0.2) is 50.5 Å². The van der Waals surface area contributed by atoms with Gasteiger partial charge in [0.1, 0.15) is 5.75 Å². The zero-order valence-electron chi connectivity index (χ0n) is 23.8. The Morgan fingerprint density at radius 1 is 0.955 bits per heavy atom. The molecule has 2 aromatic carbocycles. The molecule has 1 heterocycles. The predicted molar refractivity (Wildman–Crippen MR) is 155 cm³/mol. The first-order valence-electron chi connectivity index (χ1n) is 13.8. The fourth-order valence-corrected chi connectivity index (χ4v) is 5.08. The molecule has 0 unspecified atom stereocenters. The first-order chi connectivity index (χ1) is 21.3. The Balaban J connectivity index is 1.32. The normalized spacial score (nSPS) is 11.0. The van der Waals surface area contributed by atoms with Gasteiger partial charge in [0.25, 0.3) is 9.84 Å². The van der Waals surface area contributed by atoms with Gasteiger partial charge in [-0.25, -0.2) is 18.7 Å². The molecule has 0 aliphatic rings. The number of aromatic nitrogens is 2. The number of hydrogen-bond acceptors (Lipinski definition) is 11. The van der Waals surface area contributed by atoms with Gasteiger partial charge in [-0.05, 0) is 53.6 Å². The number of hydrogen-bond donors (Lipinski definition) is 2. The van der Waals surface area contributed by atoms with Gasteiger partial charge in [0.2, 0.25) is 5.91 Å². The number of sulfone groups is 1. The highest BCUT2D eigenvalue weighted by Crippen LogP contribution is 2.24. The van der Waals surface area contributed by atoms with E-state index in [1.807, 2.05) is 12.1 Å². The van der Waals surface area contributed by atoms with Crippen LogP contribution in [0.2, 0.25) is 0 Å². The van der Waals surface area contributed by atoms with E-state index in [0.717, 1.165) is 49.8 Å². The van der Waals surface area contributed by atoms with Gasteiger partial charge >= 0.3 is 16.9 Å². The standard InChI is InChI=1S/C30H33N3O10S/c34-27(31-36)14-8-3-1-2-4-9-21-40-25-18-15-24(16-19-25)17-20-28(35)41-22-10-11-23-42-29-30(33(37)43-32-29)44(38,39)26-12-6-5-7-13-26/h5-7,12-13,15-20,36H,1-4,8-9,14,21-23H2,(H,31,34). The van der Waals surface area contributed by atoms with E-state index < -0.39 is 26.7 Å². The quantitative estimate of drug-likeness (QED) is 0.0426. The third-order valence-corrected chi connectivity index (χ3v) is 7.76. The molecule has 3 aromatic rings. The number of nitrogens with zero attached hydrogens (tertiary/aromatic N) is 2. The van der Waals surface area contributed by atoms with Crippen molar-refractivity contribution in [2.24, 2.45) is 0 Å². The van der Waals surface area contributed by atoms with Gasteiger partial charge in [-0.15, -0.1) is 0 Å². The minimum absolute atomic E-state index is 0.131. The lowest BCUT2D eigenvalue weighted by Gasteiger charge is -2.06. The molecule has 44 heavy (non-hydrogen) atoms. The largest absolute Gasteiger partial charge is 0.494 e. The van der Waals surface area contributed by atoms with Gasteiger partial charge < -0.3 is 19.4 Å². The molecule has 0 atom stereocenters. The van der Waals surface area contributed by atoms with Crippen molar-refractivity contribution in [3.05, 3.63) is 71.4 Å². The number of amides is 1.